The second-order valence-corrected chi connectivity index (χ2v) is 4.21. The maximum Gasteiger partial charge on any atom is 0.409 e. The smallest absolute Gasteiger partial charge is 0.409 e. The van der Waals surface area contributed by atoms with E-state index < -0.39 is 6.09 Å². The number of rotatable bonds is 3. The molecule has 1 aromatic carbocycles. The zero-order valence-electron chi connectivity index (χ0n) is 9.13. The second-order valence-electron chi connectivity index (χ2n) is 3.30. The van der Waals surface area contributed by atoms with Crippen molar-refractivity contribution in [2.45, 2.75) is 0 Å². The maximum absolute atomic E-state index is 10.6. The molecule has 3 N–H and O–H groups in total. The van der Waals surface area contributed by atoms with E-state index in [4.69, 9.17) is 10.5 Å². The van der Waals surface area contributed by atoms with E-state index >= 15 is 0 Å². The van der Waals surface area contributed by atoms with Gasteiger partial charge in [0.25, 0.3) is 0 Å². The Morgan fingerprint density at radius 3 is 2.72 bits per heavy atom. The van der Waals surface area contributed by atoms with Gasteiger partial charge in [-0.15, -0.1) is 0 Å². The lowest BCUT2D eigenvalue weighted by atomic mass is 10.3. The quantitative estimate of drug-likeness (QED) is 0.909. The number of amides is 1. The number of hydrogen-bond acceptors (Lipinski definition) is 5. The van der Waals surface area contributed by atoms with Crippen molar-refractivity contribution in [2.24, 2.45) is 5.73 Å². The van der Waals surface area contributed by atoms with Crippen molar-refractivity contribution in [3.05, 3.63) is 41.1 Å². The van der Waals surface area contributed by atoms with E-state index in [0.717, 1.165) is 4.47 Å². The number of nitrogens with one attached hydrogen (secondary N) is 1. The summed E-state index contributed by atoms with van der Waals surface area (Å²) in [6.07, 6.45) is 2.39. The molecule has 18 heavy (non-hydrogen) atoms. The maximum atomic E-state index is 10.6. The van der Waals surface area contributed by atoms with Crippen molar-refractivity contribution in [3.63, 3.8) is 0 Å². The number of anilines is 2. The van der Waals surface area contributed by atoms with Gasteiger partial charge in [-0.2, -0.15) is 0 Å². The van der Waals surface area contributed by atoms with Crippen LogP contribution in [-0.2, 0) is 0 Å². The van der Waals surface area contributed by atoms with Gasteiger partial charge in [0, 0.05) is 24.1 Å². The lowest BCUT2D eigenvalue weighted by Gasteiger charge is -2.06. The number of halogens is 1. The Morgan fingerprint density at radius 1 is 1.33 bits per heavy atom. The van der Waals surface area contributed by atoms with E-state index in [9.17, 15) is 4.79 Å². The minimum atomic E-state index is -0.855. The number of carbonyl (C=O) groups is 1. The average molecular weight is 309 g/mol. The molecule has 2 rings (SSSR count). The standard InChI is InChI=1S/C11H9BrN4O2/c12-7-5-14-11(15-6-7)16-8-2-1-3-9(4-8)18-10(13)17/h1-6H,(H2,13,17)(H,14,15,16). The molecule has 0 radical (unpaired) electrons. The highest BCUT2D eigenvalue weighted by atomic mass is 79.9. The fourth-order valence-electron chi connectivity index (χ4n) is 1.26. The van der Waals surface area contributed by atoms with Crippen molar-refractivity contribution >= 4 is 33.7 Å². The summed E-state index contributed by atoms with van der Waals surface area (Å²) < 4.78 is 5.55. The Balaban J connectivity index is 2.13. The molecule has 0 aliphatic carbocycles. The molecule has 1 amide bonds. The van der Waals surface area contributed by atoms with Crippen LogP contribution in [0.1, 0.15) is 0 Å². The predicted octanol–water partition coefficient (Wildman–Crippen LogP) is 2.44. The fraction of sp³-hybridized carbons (Fsp3) is 0. The number of benzene rings is 1. The minimum Gasteiger partial charge on any atom is -0.410 e. The van der Waals surface area contributed by atoms with Crippen LogP contribution in [0.15, 0.2) is 41.1 Å². The van der Waals surface area contributed by atoms with Gasteiger partial charge in [-0.1, -0.05) is 6.07 Å². The predicted molar refractivity (Wildman–Crippen MR) is 69.7 cm³/mol. The molecule has 0 bridgehead atoms. The first-order valence-corrected chi connectivity index (χ1v) is 5.75. The molecule has 1 aromatic heterocycles. The van der Waals surface area contributed by atoms with E-state index in [0.29, 0.717) is 17.4 Å². The largest absolute Gasteiger partial charge is 0.410 e. The van der Waals surface area contributed by atoms with Gasteiger partial charge in [-0.25, -0.2) is 14.8 Å². The molecular weight excluding hydrogens is 300 g/mol. The molecule has 0 atom stereocenters. The van der Waals surface area contributed by atoms with Crippen LogP contribution in [0.3, 0.4) is 0 Å². The van der Waals surface area contributed by atoms with Crippen LogP contribution in [0.25, 0.3) is 0 Å². The Morgan fingerprint density at radius 2 is 2.06 bits per heavy atom. The average Bonchev–Trinajstić information content (AvgIpc) is 2.32. The summed E-state index contributed by atoms with van der Waals surface area (Å²) in [7, 11) is 0. The number of nitrogens with two attached hydrogens (primary N) is 1. The summed E-state index contributed by atoms with van der Waals surface area (Å²) in [5, 5.41) is 2.97. The molecule has 0 aliphatic rings. The van der Waals surface area contributed by atoms with Crippen molar-refractivity contribution < 1.29 is 9.53 Å². The molecule has 0 saturated carbocycles. The molecular formula is C11H9BrN4O2. The summed E-state index contributed by atoms with van der Waals surface area (Å²) in [4.78, 5) is 18.8. The first-order chi connectivity index (χ1) is 8.63. The molecule has 0 aliphatic heterocycles. The Kier molecular flexibility index (Phi) is 3.73. The lowest BCUT2D eigenvalue weighted by Crippen LogP contribution is -2.16. The van der Waals surface area contributed by atoms with Crippen LogP contribution in [0.4, 0.5) is 16.4 Å². The SMILES string of the molecule is NC(=O)Oc1cccc(Nc2ncc(Br)cn2)c1. The van der Waals surface area contributed by atoms with Crippen molar-refractivity contribution in [1.82, 2.24) is 9.97 Å². The van der Waals surface area contributed by atoms with E-state index in [1.165, 1.54) is 0 Å². The first-order valence-electron chi connectivity index (χ1n) is 4.95. The summed E-state index contributed by atoms with van der Waals surface area (Å²) in [5.41, 5.74) is 5.62. The number of primary amides is 1. The second kappa shape index (κ2) is 5.46. The lowest BCUT2D eigenvalue weighted by molar-refractivity contribution is 0.211. The van der Waals surface area contributed by atoms with Gasteiger partial charge in [0.1, 0.15) is 5.75 Å². The molecule has 7 heteroatoms. The molecule has 2 aromatic rings. The molecule has 0 fully saturated rings. The van der Waals surface area contributed by atoms with Crippen LogP contribution in [0, 0.1) is 0 Å². The van der Waals surface area contributed by atoms with E-state index in [1.807, 2.05) is 0 Å². The Labute approximate surface area is 111 Å². The molecule has 0 spiro atoms. The Bertz CT molecular complexity index is 559. The highest BCUT2D eigenvalue weighted by molar-refractivity contribution is 9.10. The zero-order chi connectivity index (χ0) is 13.0. The van der Waals surface area contributed by atoms with E-state index in [2.05, 4.69) is 31.2 Å². The number of hydrogen-bond donors (Lipinski definition) is 2. The number of aromatic nitrogens is 2. The fourth-order valence-corrected chi connectivity index (χ4v) is 1.46. The van der Waals surface area contributed by atoms with E-state index in [-0.39, 0.29) is 0 Å². The number of ether oxygens (including phenoxy) is 1. The summed E-state index contributed by atoms with van der Waals surface area (Å²) in [6.45, 7) is 0. The highest BCUT2D eigenvalue weighted by Gasteiger charge is 2.02. The number of nitrogens with zero attached hydrogens (tertiary/aromatic N) is 2. The third-order valence-electron chi connectivity index (χ3n) is 1.93. The summed E-state index contributed by atoms with van der Waals surface area (Å²) in [5.74, 6) is 0.791. The molecule has 6 nitrogen and oxygen atoms in total. The third-order valence-corrected chi connectivity index (χ3v) is 2.34. The Hall–Kier alpha value is -2.15. The zero-order valence-corrected chi connectivity index (χ0v) is 10.7. The van der Waals surface area contributed by atoms with Gasteiger partial charge in [0.2, 0.25) is 5.95 Å². The van der Waals surface area contributed by atoms with Crippen LogP contribution in [0.2, 0.25) is 0 Å². The van der Waals surface area contributed by atoms with Crippen molar-refractivity contribution in [2.75, 3.05) is 5.32 Å². The third kappa shape index (κ3) is 3.42. The van der Waals surface area contributed by atoms with Gasteiger partial charge in [-0.3, -0.25) is 0 Å². The van der Waals surface area contributed by atoms with Gasteiger partial charge in [0.15, 0.2) is 0 Å². The first kappa shape index (κ1) is 12.3. The van der Waals surface area contributed by atoms with Crippen molar-refractivity contribution in [1.29, 1.82) is 0 Å². The number of carbonyl (C=O) groups excluding carboxylic acids is 1. The van der Waals surface area contributed by atoms with Gasteiger partial charge >= 0.3 is 6.09 Å². The van der Waals surface area contributed by atoms with Crippen LogP contribution in [0.5, 0.6) is 5.75 Å². The topological polar surface area (TPSA) is 90.1 Å². The monoisotopic (exact) mass is 308 g/mol. The van der Waals surface area contributed by atoms with Crippen molar-refractivity contribution in [3.8, 4) is 5.75 Å². The molecule has 92 valence electrons. The minimum absolute atomic E-state index is 0.351. The van der Waals surface area contributed by atoms with Gasteiger partial charge in [-0.05, 0) is 28.1 Å². The normalized spacial score (nSPS) is 9.83. The highest BCUT2D eigenvalue weighted by Crippen LogP contribution is 2.20. The van der Waals surface area contributed by atoms with Gasteiger partial charge < -0.3 is 15.8 Å². The van der Waals surface area contributed by atoms with E-state index in [1.54, 1.807) is 36.7 Å². The summed E-state index contributed by atoms with van der Waals surface area (Å²) in [6, 6.07) is 6.76. The van der Waals surface area contributed by atoms with Gasteiger partial charge in [0.05, 0.1) is 4.47 Å². The van der Waals surface area contributed by atoms with Crippen LogP contribution >= 0.6 is 15.9 Å². The summed E-state index contributed by atoms with van der Waals surface area (Å²) >= 11 is 3.25. The molecule has 1 heterocycles. The molecule has 0 saturated heterocycles. The molecule has 0 unspecified atom stereocenters. The van der Waals surface area contributed by atoms with Crippen LogP contribution < -0.4 is 15.8 Å². The van der Waals surface area contributed by atoms with Crippen LogP contribution in [-0.4, -0.2) is 16.1 Å².